The third-order valence-corrected chi connectivity index (χ3v) is 2.16. The number of methoxy groups -OCH3 is 1. The maximum atomic E-state index is 11.4. The van der Waals surface area contributed by atoms with E-state index >= 15 is 0 Å². The number of rotatable bonds is 8. The SMILES string of the molecule is COCC(C)CC(=O)NCC(C)CC(=O)O. The molecule has 16 heavy (non-hydrogen) atoms. The molecule has 0 spiro atoms. The molecule has 0 radical (unpaired) electrons. The van der Waals surface area contributed by atoms with E-state index < -0.39 is 5.97 Å². The molecule has 0 saturated heterocycles. The Labute approximate surface area is 96.2 Å². The maximum absolute atomic E-state index is 11.4. The second-order valence-electron chi connectivity index (χ2n) is 4.27. The fourth-order valence-electron chi connectivity index (χ4n) is 1.39. The Morgan fingerprint density at radius 1 is 1.25 bits per heavy atom. The summed E-state index contributed by atoms with van der Waals surface area (Å²) in [7, 11) is 1.60. The number of carbonyl (C=O) groups excluding carboxylic acids is 1. The molecule has 0 fully saturated rings. The molecule has 2 atom stereocenters. The second-order valence-corrected chi connectivity index (χ2v) is 4.27. The highest BCUT2D eigenvalue weighted by atomic mass is 16.5. The van der Waals surface area contributed by atoms with Gasteiger partial charge in [0.25, 0.3) is 0 Å². The largest absolute Gasteiger partial charge is 0.481 e. The van der Waals surface area contributed by atoms with Crippen molar-refractivity contribution in [1.82, 2.24) is 5.32 Å². The molecule has 0 aromatic rings. The zero-order valence-electron chi connectivity index (χ0n) is 10.2. The van der Waals surface area contributed by atoms with Gasteiger partial charge in [0.1, 0.15) is 0 Å². The molecule has 0 bridgehead atoms. The van der Waals surface area contributed by atoms with E-state index in [1.54, 1.807) is 14.0 Å². The molecule has 94 valence electrons. The van der Waals surface area contributed by atoms with Gasteiger partial charge < -0.3 is 15.2 Å². The van der Waals surface area contributed by atoms with Crippen LogP contribution in [0.3, 0.4) is 0 Å². The highest BCUT2D eigenvalue weighted by Crippen LogP contribution is 2.03. The molecule has 0 aliphatic carbocycles. The number of aliphatic carboxylic acids is 1. The van der Waals surface area contributed by atoms with Crippen molar-refractivity contribution in [3.8, 4) is 0 Å². The first-order chi connectivity index (χ1) is 7.45. The predicted molar refractivity (Wildman–Crippen MR) is 60.1 cm³/mol. The summed E-state index contributed by atoms with van der Waals surface area (Å²) < 4.78 is 4.93. The van der Waals surface area contributed by atoms with Gasteiger partial charge in [0, 0.05) is 33.1 Å². The van der Waals surface area contributed by atoms with Crippen LogP contribution in [0.25, 0.3) is 0 Å². The van der Waals surface area contributed by atoms with Crippen LogP contribution in [0.2, 0.25) is 0 Å². The lowest BCUT2D eigenvalue weighted by molar-refractivity contribution is -0.138. The zero-order valence-corrected chi connectivity index (χ0v) is 10.2. The summed E-state index contributed by atoms with van der Waals surface area (Å²) in [5.74, 6) is -0.754. The Morgan fingerprint density at radius 2 is 1.88 bits per heavy atom. The number of nitrogens with one attached hydrogen (secondary N) is 1. The Kier molecular flexibility index (Phi) is 7.54. The van der Waals surface area contributed by atoms with Crippen molar-refractivity contribution in [3.05, 3.63) is 0 Å². The van der Waals surface area contributed by atoms with Crippen LogP contribution in [0.15, 0.2) is 0 Å². The molecule has 2 unspecified atom stereocenters. The van der Waals surface area contributed by atoms with E-state index in [2.05, 4.69) is 5.32 Å². The predicted octanol–water partition coefficient (Wildman–Crippen LogP) is 0.886. The minimum absolute atomic E-state index is 0.0424. The summed E-state index contributed by atoms with van der Waals surface area (Å²) in [5.41, 5.74) is 0. The smallest absolute Gasteiger partial charge is 0.303 e. The average molecular weight is 231 g/mol. The number of amides is 1. The molecule has 0 heterocycles. The van der Waals surface area contributed by atoms with Crippen molar-refractivity contribution in [2.24, 2.45) is 11.8 Å². The van der Waals surface area contributed by atoms with Crippen molar-refractivity contribution < 1.29 is 19.4 Å². The van der Waals surface area contributed by atoms with Gasteiger partial charge in [-0.1, -0.05) is 13.8 Å². The molecule has 2 N–H and O–H groups in total. The lowest BCUT2D eigenvalue weighted by atomic mass is 10.1. The van der Waals surface area contributed by atoms with Crippen molar-refractivity contribution in [2.75, 3.05) is 20.3 Å². The topological polar surface area (TPSA) is 75.6 Å². The number of hydrogen-bond acceptors (Lipinski definition) is 3. The van der Waals surface area contributed by atoms with Crippen LogP contribution >= 0.6 is 0 Å². The van der Waals surface area contributed by atoms with Crippen LogP contribution in [0, 0.1) is 11.8 Å². The lowest BCUT2D eigenvalue weighted by Gasteiger charge is -2.13. The molecular weight excluding hydrogens is 210 g/mol. The molecule has 0 saturated carbocycles. The number of carbonyl (C=O) groups is 2. The zero-order chi connectivity index (χ0) is 12.6. The van der Waals surface area contributed by atoms with Crippen molar-refractivity contribution in [1.29, 1.82) is 0 Å². The average Bonchev–Trinajstić information content (AvgIpc) is 2.14. The molecule has 5 nitrogen and oxygen atoms in total. The first-order valence-corrected chi connectivity index (χ1v) is 5.43. The van der Waals surface area contributed by atoms with Crippen LogP contribution in [-0.2, 0) is 14.3 Å². The van der Waals surface area contributed by atoms with Crippen LogP contribution in [0.1, 0.15) is 26.7 Å². The van der Waals surface area contributed by atoms with Gasteiger partial charge in [0.2, 0.25) is 5.91 Å². The third kappa shape index (κ3) is 8.23. The molecule has 1 amide bonds. The first-order valence-electron chi connectivity index (χ1n) is 5.43. The summed E-state index contributed by atoms with van der Waals surface area (Å²) in [5, 5.41) is 11.3. The summed E-state index contributed by atoms with van der Waals surface area (Å²) >= 11 is 0. The lowest BCUT2D eigenvalue weighted by Crippen LogP contribution is -2.30. The van der Waals surface area contributed by atoms with Gasteiger partial charge in [0.15, 0.2) is 0 Å². The quantitative estimate of drug-likeness (QED) is 0.650. The Hall–Kier alpha value is -1.10. The molecule has 0 aliphatic heterocycles. The molecule has 0 aliphatic rings. The van der Waals surface area contributed by atoms with Gasteiger partial charge in [-0.2, -0.15) is 0 Å². The molecule has 0 aromatic carbocycles. The van der Waals surface area contributed by atoms with E-state index in [0.29, 0.717) is 19.6 Å². The second kappa shape index (κ2) is 8.10. The van der Waals surface area contributed by atoms with E-state index in [-0.39, 0.29) is 24.2 Å². The van der Waals surface area contributed by atoms with Crippen LogP contribution in [0.4, 0.5) is 0 Å². The minimum Gasteiger partial charge on any atom is -0.481 e. The Morgan fingerprint density at radius 3 is 2.38 bits per heavy atom. The number of hydrogen-bond donors (Lipinski definition) is 2. The standard InChI is InChI=1S/C11H21NO4/c1-8(5-11(14)15)6-12-10(13)4-9(2)7-16-3/h8-9H,4-7H2,1-3H3,(H,12,13)(H,14,15). The van der Waals surface area contributed by atoms with Crippen molar-refractivity contribution >= 4 is 11.9 Å². The fourth-order valence-corrected chi connectivity index (χ4v) is 1.39. The van der Waals surface area contributed by atoms with E-state index in [1.165, 1.54) is 0 Å². The third-order valence-electron chi connectivity index (χ3n) is 2.16. The molecule has 0 aromatic heterocycles. The van der Waals surface area contributed by atoms with Crippen LogP contribution in [-0.4, -0.2) is 37.2 Å². The molecular formula is C11H21NO4. The van der Waals surface area contributed by atoms with Crippen molar-refractivity contribution in [2.45, 2.75) is 26.7 Å². The first kappa shape index (κ1) is 14.9. The summed E-state index contributed by atoms with van der Waals surface area (Å²) in [6.45, 7) is 4.69. The maximum Gasteiger partial charge on any atom is 0.303 e. The summed E-state index contributed by atoms with van der Waals surface area (Å²) in [6.07, 6.45) is 0.488. The van der Waals surface area contributed by atoms with Crippen molar-refractivity contribution in [3.63, 3.8) is 0 Å². The summed E-state index contributed by atoms with van der Waals surface area (Å²) in [6, 6.07) is 0. The number of ether oxygens (including phenoxy) is 1. The van der Waals surface area contributed by atoms with E-state index in [1.807, 2.05) is 6.92 Å². The highest BCUT2D eigenvalue weighted by molar-refractivity contribution is 5.76. The fraction of sp³-hybridized carbons (Fsp3) is 0.818. The van der Waals surface area contributed by atoms with E-state index in [4.69, 9.17) is 9.84 Å². The van der Waals surface area contributed by atoms with Gasteiger partial charge in [-0.15, -0.1) is 0 Å². The van der Waals surface area contributed by atoms with Gasteiger partial charge in [-0.3, -0.25) is 9.59 Å². The van der Waals surface area contributed by atoms with Gasteiger partial charge >= 0.3 is 5.97 Å². The Bertz CT molecular complexity index is 230. The number of carboxylic acids is 1. The van der Waals surface area contributed by atoms with Gasteiger partial charge in [0.05, 0.1) is 0 Å². The van der Waals surface area contributed by atoms with Crippen LogP contribution < -0.4 is 5.32 Å². The number of carboxylic acid groups (broad SMARTS) is 1. The van der Waals surface area contributed by atoms with E-state index in [0.717, 1.165) is 0 Å². The van der Waals surface area contributed by atoms with Gasteiger partial charge in [-0.05, 0) is 11.8 Å². The van der Waals surface area contributed by atoms with Gasteiger partial charge in [-0.25, -0.2) is 0 Å². The monoisotopic (exact) mass is 231 g/mol. The highest BCUT2D eigenvalue weighted by Gasteiger charge is 2.11. The summed E-state index contributed by atoms with van der Waals surface area (Å²) in [4.78, 5) is 21.8. The molecule has 0 rings (SSSR count). The minimum atomic E-state index is -0.838. The van der Waals surface area contributed by atoms with E-state index in [9.17, 15) is 9.59 Å². The van der Waals surface area contributed by atoms with Crippen LogP contribution in [0.5, 0.6) is 0 Å². The molecule has 5 heteroatoms. The normalized spacial score (nSPS) is 14.2. The Balaban J connectivity index is 3.68.